The Balaban J connectivity index is 1.66. The van der Waals surface area contributed by atoms with E-state index >= 15 is 0 Å². The van der Waals surface area contributed by atoms with Gasteiger partial charge in [0.2, 0.25) is 0 Å². The maximum atomic E-state index is 5.72. The molecule has 0 saturated carbocycles. The summed E-state index contributed by atoms with van der Waals surface area (Å²) in [6.07, 6.45) is 0.954. The molecule has 0 fully saturated rings. The number of aromatic nitrogens is 3. The predicted molar refractivity (Wildman–Crippen MR) is 108 cm³/mol. The highest BCUT2D eigenvalue weighted by atomic mass is 32.1. The Hall–Kier alpha value is -2.61. The largest absolute Gasteiger partial charge is 0.464 e. The van der Waals surface area contributed by atoms with E-state index in [9.17, 15) is 0 Å². The van der Waals surface area contributed by atoms with E-state index < -0.39 is 0 Å². The lowest BCUT2D eigenvalue weighted by Crippen LogP contribution is -2.39. The second kappa shape index (κ2) is 8.85. The topological polar surface area (TPSA) is 80.3 Å². The Kier molecular flexibility index (Phi) is 6.28. The minimum atomic E-state index is 0.00733. The van der Waals surface area contributed by atoms with Crippen molar-refractivity contribution in [2.45, 2.75) is 39.8 Å². The van der Waals surface area contributed by atoms with Crippen LogP contribution in [0.15, 0.2) is 39.1 Å². The van der Waals surface area contributed by atoms with Crippen LogP contribution in [0.3, 0.4) is 0 Å². The van der Waals surface area contributed by atoms with Crippen molar-refractivity contribution in [2.75, 3.05) is 6.54 Å². The number of thiophene rings is 1. The first-order chi connectivity index (χ1) is 13.0. The second-order valence-electron chi connectivity index (χ2n) is 6.46. The van der Waals surface area contributed by atoms with Crippen LogP contribution in [0, 0.1) is 13.8 Å². The molecular formula is C19H26N6OS. The van der Waals surface area contributed by atoms with Gasteiger partial charge in [-0.3, -0.25) is 0 Å². The SMILES string of the molecule is Cc1ccc(C(C)NC(=NCc2nnc(C)n2C)NCCc2cccs2)o1. The molecule has 2 N–H and O–H groups in total. The Morgan fingerprint density at radius 2 is 2.15 bits per heavy atom. The zero-order chi connectivity index (χ0) is 19.2. The Labute approximate surface area is 163 Å². The van der Waals surface area contributed by atoms with Crippen molar-refractivity contribution in [1.82, 2.24) is 25.4 Å². The van der Waals surface area contributed by atoms with E-state index in [0.717, 1.165) is 42.1 Å². The van der Waals surface area contributed by atoms with E-state index in [4.69, 9.17) is 9.41 Å². The number of hydrogen-bond acceptors (Lipinski definition) is 5. The lowest BCUT2D eigenvalue weighted by atomic mass is 10.2. The van der Waals surface area contributed by atoms with Gasteiger partial charge in [0.15, 0.2) is 11.8 Å². The molecule has 0 spiro atoms. The molecule has 1 unspecified atom stereocenters. The van der Waals surface area contributed by atoms with Gasteiger partial charge in [-0.15, -0.1) is 21.5 Å². The maximum Gasteiger partial charge on any atom is 0.192 e. The standard InChI is InChI=1S/C19H26N6OS/c1-13-7-8-17(26-13)14(2)22-19(20-10-9-16-6-5-11-27-16)21-12-18-24-23-15(3)25(18)4/h5-8,11,14H,9-10,12H2,1-4H3,(H2,20,21,22). The summed E-state index contributed by atoms with van der Waals surface area (Å²) in [5.41, 5.74) is 0. The molecule has 3 aromatic rings. The van der Waals surface area contributed by atoms with Crippen LogP contribution < -0.4 is 10.6 Å². The average Bonchev–Trinajstić information content (AvgIpc) is 3.37. The monoisotopic (exact) mass is 386 g/mol. The molecule has 3 aromatic heterocycles. The third kappa shape index (κ3) is 5.19. The van der Waals surface area contributed by atoms with Gasteiger partial charge in [0.05, 0.1) is 6.04 Å². The first-order valence-electron chi connectivity index (χ1n) is 9.01. The van der Waals surface area contributed by atoms with Crippen LogP contribution in [0.1, 0.15) is 41.0 Å². The highest BCUT2D eigenvalue weighted by molar-refractivity contribution is 7.09. The van der Waals surface area contributed by atoms with Gasteiger partial charge in [0.25, 0.3) is 0 Å². The minimum absolute atomic E-state index is 0.00733. The molecule has 3 rings (SSSR count). The van der Waals surface area contributed by atoms with E-state index in [1.807, 2.05) is 37.6 Å². The van der Waals surface area contributed by atoms with Gasteiger partial charge in [-0.25, -0.2) is 4.99 Å². The van der Waals surface area contributed by atoms with Gasteiger partial charge in [-0.1, -0.05) is 6.07 Å². The number of guanidine groups is 1. The van der Waals surface area contributed by atoms with Crippen LogP contribution in [0.25, 0.3) is 0 Å². The fourth-order valence-electron chi connectivity index (χ4n) is 2.61. The molecule has 0 radical (unpaired) electrons. The molecule has 0 aromatic carbocycles. The summed E-state index contributed by atoms with van der Waals surface area (Å²) in [6.45, 7) is 7.19. The van der Waals surface area contributed by atoms with E-state index in [1.165, 1.54) is 4.88 Å². The predicted octanol–water partition coefficient (Wildman–Crippen LogP) is 3.13. The van der Waals surface area contributed by atoms with Crippen LogP contribution in [-0.4, -0.2) is 27.3 Å². The van der Waals surface area contributed by atoms with Gasteiger partial charge in [-0.2, -0.15) is 0 Å². The molecule has 0 amide bonds. The molecule has 0 saturated heterocycles. The van der Waals surface area contributed by atoms with Gasteiger partial charge in [0, 0.05) is 18.5 Å². The number of aliphatic imine (C=N–C) groups is 1. The summed E-state index contributed by atoms with van der Waals surface area (Å²) in [4.78, 5) is 6.04. The van der Waals surface area contributed by atoms with Crippen LogP contribution >= 0.6 is 11.3 Å². The summed E-state index contributed by atoms with van der Waals surface area (Å²) >= 11 is 1.77. The number of nitrogens with one attached hydrogen (secondary N) is 2. The third-order valence-corrected chi connectivity index (χ3v) is 5.28. The van der Waals surface area contributed by atoms with Crippen molar-refractivity contribution in [3.05, 3.63) is 57.7 Å². The second-order valence-corrected chi connectivity index (χ2v) is 7.49. The molecular weight excluding hydrogens is 360 g/mol. The van der Waals surface area contributed by atoms with Crippen molar-refractivity contribution < 1.29 is 4.42 Å². The zero-order valence-electron chi connectivity index (χ0n) is 16.2. The van der Waals surface area contributed by atoms with Gasteiger partial charge in [-0.05, 0) is 50.8 Å². The van der Waals surface area contributed by atoms with Crippen molar-refractivity contribution in [2.24, 2.45) is 12.0 Å². The summed E-state index contributed by atoms with van der Waals surface area (Å²) in [7, 11) is 1.95. The third-order valence-electron chi connectivity index (χ3n) is 4.35. The summed E-state index contributed by atoms with van der Waals surface area (Å²) in [6, 6.07) is 8.19. The molecule has 8 heteroatoms. The van der Waals surface area contributed by atoms with Gasteiger partial charge >= 0.3 is 0 Å². The smallest absolute Gasteiger partial charge is 0.192 e. The van der Waals surface area contributed by atoms with Crippen LogP contribution in [-0.2, 0) is 20.0 Å². The van der Waals surface area contributed by atoms with E-state index in [-0.39, 0.29) is 6.04 Å². The maximum absolute atomic E-state index is 5.72. The minimum Gasteiger partial charge on any atom is -0.464 e. The normalized spacial score (nSPS) is 13.0. The first kappa shape index (κ1) is 19.2. The van der Waals surface area contributed by atoms with E-state index in [0.29, 0.717) is 6.54 Å². The van der Waals surface area contributed by atoms with Crippen molar-refractivity contribution >= 4 is 17.3 Å². The quantitative estimate of drug-likeness (QED) is 0.482. The lowest BCUT2D eigenvalue weighted by molar-refractivity contribution is 0.441. The molecule has 0 aliphatic carbocycles. The number of furan rings is 1. The molecule has 0 aliphatic rings. The summed E-state index contributed by atoms with van der Waals surface area (Å²) in [5.74, 6) is 4.22. The van der Waals surface area contributed by atoms with Gasteiger partial charge < -0.3 is 19.6 Å². The number of rotatable bonds is 7. The number of aryl methyl sites for hydroxylation is 2. The number of nitrogens with zero attached hydrogens (tertiary/aromatic N) is 4. The lowest BCUT2D eigenvalue weighted by Gasteiger charge is -2.17. The highest BCUT2D eigenvalue weighted by Gasteiger charge is 2.12. The Morgan fingerprint density at radius 3 is 2.78 bits per heavy atom. The van der Waals surface area contributed by atoms with Gasteiger partial charge in [0.1, 0.15) is 23.9 Å². The van der Waals surface area contributed by atoms with E-state index in [2.05, 4.69) is 45.3 Å². The molecule has 7 nitrogen and oxygen atoms in total. The summed E-state index contributed by atoms with van der Waals surface area (Å²) < 4.78 is 7.68. The molecule has 1 atom stereocenters. The van der Waals surface area contributed by atoms with Crippen molar-refractivity contribution in [1.29, 1.82) is 0 Å². The molecule has 144 valence electrons. The Bertz CT molecular complexity index is 880. The molecule has 0 bridgehead atoms. The van der Waals surface area contributed by atoms with Crippen LogP contribution in [0.2, 0.25) is 0 Å². The van der Waals surface area contributed by atoms with Crippen molar-refractivity contribution in [3.8, 4) is 0 Å². The Morgan fingerprint density at radius 1 is 1.30 bits per heavy atom. The average molecular weight is 387 g/mol. The summed E-state index contributed by atoms with van der Waals surface area (Å²) in [5, 5.41) is 17.2. The molecule has 27 heavy (non-hydrogen) atoms. The van der Waals surface area contributed by atoms with Crippen molar-refractivity contribution in [3.63, 3.8) is 0 Å². The molecule has 3 heterocycles. The molecule has 0 aliphatic heterocycles. The highest BCUT2D eigenvalue weighted by Crippen LogP contribution is 2.15. The van der Waals surface area contributed by atoms with E-state index in [1.54, 1.807) is 11.3 Å². The fraction of sp³-hybridized carbons (Fsp3) is 0.421. The van der Waals surface area contributed by atoms with Crippen LogP contribution in [0.4, 0.5) is 0 Å². The first-order valence-corrected chi connectivity index (χ1v) is 9.89. The van der Waals surface area contributed by atoms with Crippen LogP contribution in [0.5, 0.6) is 0 Å². The zero-order valence-corrected chi connectivity index (χ0v) is 17.0. The number of hydrogen-bond donors (Lipinski definition) is 2. The fourth-order valence-corrected chi connectivity index (χ4v) is 3.32.